The third-order valence-corrected chi connectivity index (χ3v) is 2.53. The summed E-state index contributed by atoms with van der Waals surface area (Å²) in [5.74, 6) is -0.855. The van der Waals surface area contributed by atoms with Gasteiger partial charge < -0.3 is 19.9 Å². The SMILES string of the molecule is COc1cc2[nH]c(=O)c(O)c(O)c2cc1Cl. The lowest BCUT2D eigenvalue weighted by atomic mass is 10.2. The number of rotatable bonds is 1. The Kier molecular flexibility index (Phi) is 2.40. The molecule has 1 aromatic heterocycles. The zero-order chi connectivity index (χ0) is 11.9. The van der Waals surface area contributed by atoms with Crippen LogP contribution in [-0.2, 0) is 0 Å². The number of benzene rings is 1. The molecule has 0 fully saturated rings. The minimum absolute atomic E-state index is 0.253. The van der Waals surface area contributed by atoms with Gasteiger partial charge in [-0.2, -0.15) is 0 Å². The molecule has 0 bridgehead atoms. The maximum absolute atomic E-state index is 11.2. The molecule has 2 rings (SSSR count). The summed E-state index contributed by atoms with van der Waals surface area (Å²) in [6.45, 7) is 0. The molecule has 6 heteroatoms. The third-order valence-electron chi connectivity index (χ3n) is 2.23. The van der Waals surface area contributed by atoms with Crippen molar-refractivity contribution in [2.24, 2.45) is 0 Å². The van der Waals surface area contributed by atoms with E-state index in [1.54, 1.807) is 0 Å². The number of aromatic nitrogens is 1. The summed E-state index contributed by atoms with van der Waals surface area (Å²) in [7, 11) is 1.44. The van der Waals surface area contributed by atoms with Gasteiger partial charge in [-0.3, -0.25) is 4.79 Å². The zero-order valence-electron chi connectivity index (χ0n) is 8.24. The molecule has 0 aliphatic heterocycles. The molecule has 0 atom stereocenters. The van der Waals surface area contributed by atoms with Crippen LogP contribution in [0.15, 0.2) is 16.9 Å². The van der Waals surface area contributed by atoms with Crippen molar-refractivity contribution in [3.05, 3.63) is 27.5 Å². The Morgan fingerprint density at radius 1 is 1.31 bits per heavy atom. The Morgan fingerprint density at radius 3 is 2.62 bits per heavy atom. The first-order valence-electron chi connectivity index (χ1n) is 4.36. The number of methoxy groups -OCH3 is 1. The smallest absolute Gasteiger partial charge is 0.294 e. The zero-order valence-corrected chi connectivity index (χ0v) is 9.00. The predicted octanol–water partition coefficient (Wildman–Crippen LogP) is 1.60. The van der Waals surface area contributed by atoms with Crippen molar-refractivity contribution in [1.82, 2.24) is 4.98 Å². The van der Waals surface area contributed by atoms with Crippen LogP contribution in [0.4, 0.5) is 0 Å². The Bertz CT molecular complexity index is 620. The number of nitrogens with one attached hydrogen (secondary N) is 1. The van der Waals surface area contributed by atoms with Gasteiger partial charge >= 0.3 is 0 Å². The second-order valence-corrected chi connectivity index (χ2v) is 3.59. The topological polar surface area (TPSA) is 82.6 Å². The van der Waals surface area contributed by atoms with Gasteiger partial charge in [-0.1, -0.05) is 11.6 Å². The molecule has 3 N–H and O–H groups in total. The lowest BCUT2D eigenvalue weighted by molar-refractivity contribution is 0.402. The second-order valence-electron chi connectivity index (χ2n) is 3.18. The predicted molar refractivity (Wildman–Crippen MR) is 59.5 cm³/mol. The highest BCUT2D eigenvalue weighted by Gasteiger charge is 2.13. The molecular weight excluding hydrogens is 234 g/mol. The standard InChI is InChI=1S/C10H8ClNO4/c1-16-7-3-6-4(2-5(7)11)8(13)9(14)10(15)12-6/h2-3,14H,1H3,(H2,12,13,15). The molecule has 84 valence electrons. The van der Waals surface area contributed by atoms with Crippen LogP contribution in [0.3, 0.4) is 0 Å². The summed E-state index contributed by atoms with van der Waals surface area (Å²) >= 11 is 5.86. The molecule has 0 radical (unpaired) electrons. The average Bonchev–Trinajstić information content (AvgIpc) is 2.27. The van der Waals surface area contributed by atoms with Crippen molar-refractivity contribution in [2.75, 3.05) is 7.11 Å². The first-order chi connectivity index (χ1) is 7.54. The van der Waals surface area contributed by atoms with E-state index in [1.165, 1.54) is 19.2 Å². The van der Waals surface area contributed by atoms with E-state index in [1.807, 2.05) is 0 Å². The molecular formula is C10H8ClNO4. The Labute approximate surface area is 94.9 Å². The van der Waals surface area contributed by atoms with Crippen molar-refractivity contribution in [3.63, 3.8) is 0 Å². The number of H-pyrrole nitrogens is 1. The number of fused-ring (bicyclic) bond motifs is 1. The molecule has 0 saturated heterocycles. The summed E-state index contributed by atoms with van der Waals surface area (Å²) < 4.78 is 4.96. The van der Waals surface area contributed by atoms with Crippen LogP contribution in [0.2, 0.25) is 5.02 Å². The maximum Gasteiger partial charge on any atom is 0.294 e. The normalized spacial score (nSPS) is 10.6. The molecule has 0 unspecified atom stereocenters. The fourth-order valence-corrected chi connectivity index (χ4v) is 1.67. The minimum Gasteiger partial charge on any atom is -0.504 e. The summed E-state index contributed by atoms with van der Waals surface area (Å²) in [6.07, 6.45) is 0. The molecule has 0 amide bonds. The van der Waals surface area contributed by atoms with Gasteiger partial charge in [-0.15, -0.1) is 0 Å². The summed E-state index contributed by atoms with van der Waals surface area (Å²) in [4.78, 5) is 13.6. The van der Waals surface area contributed by atoms with Gasteiger partial charge in [-0.05, 0) is 6.07 Å². The second kappa shape index (κ2) is 3.61. The van der Waals surface area contributed by atoms with E-state index >= 15 is 0 Å². The Balaban J connectivity index is 2.92. The van der Waals surface area contributed by atoms with Crippen LogP contribution in [0.5, 0.6) is 17.2 Å². The van der Waals surface area contributed by atoms with Crippen molar-refractivity contribution < 1.29 is 14.9 Å². The van der Waals surface area contributed by atoms with E-state index in [9.17, 15) is 15.0 Å². The van der Waals surface area contributed by atoms with E-state index in [0.717, 1.165) is 0 Å². The van der Waals surface area contributed by atoms with E-state index in [-0.39, 0.29) is 10.4 Å². The summed E-state index contributed by atoms with van der Waals surface area (Å²) in [6, 6.07) is 2.87. The number of hydrogen-bond acceptors (Lipinski definition) is 4. The van der Waals surface area contributed by atoms with Gasteiger partial charge in [0.15, 0.2) is 5.75 Å². The van der Waals surface area contributed by atoms with Gasteiger partial charge in [0.05, 0.1) is 17.6 Å². The van der Waals surface area contributed by atoms with Crippen molar-refractivity contribution in [1.29, 1.82) is 0 Å². The molecule has 0 aliphatic carbocycles. The molecule has 0 saturated carbocycles. The van der Waals surface area contributed by atoms with Gasteiger partial charge in [-0.25, -0.2) is 0 Å². The Morgan fingerprint density at radius 2 is 2.00 bits per heavy atom. The summed E-state index contributed by atoms with van der Waals surface area (Å²) in [5.41, 5.74) is -0.434. The fourth-order valence-electron chi connectivity index (χ4n) is 1.43. The largest absolute Gasteiger partial charge is 0.504 e. The van der Waals surface area contributed by atoms with Crippen molar-refractivity contribution in [3.8, 4) is 17.2 Å². The van der Waals surface area contributed by atoms with Crippen molar-refractivity contribution >= 4 is 22.5 Å². The summed E-state index contributed by atoms with van der Waals surface area (Å²) in [5, 5.41) is 19.3. The number of pyridine rings is 1. The van der Waals surface area contributed by atoms with Crippen LogP contribution >= 0.6 is 11.6 Å². The minimum atomic E-state index is -0.769. The highest BCUT2D eigenvalue weighted by Crippen LogP contribution is 2.35. The van der Waals surface area contributed by atoms with E-state index < -0.39 is 17.1 Å². The first-order valence-corrected chi connectivity index (χ1v) is 4.74. The highest BCUT2D eigenvalue weighted by molar-refractivity contribution is 6.33. The number of ether oxygens (including phenoxy) is 1. The molecule has 0 spiro atoms. The van der Waals surface area contributed by atoms with Gasteiger partial charge in [0.1, 0.15) is 5.75 Å². The van der Waals surface area contributed by atoms with Crippen LogP contribution in [0, 0.1) is 0 Å². The first kappa shape index (κ1) is 10.6. The highest BCUT2D eigenvalue weighted by atomic mass is 35.5. The quantitative estimate of drug-likeness (QED) is 0.708. The lowest BCUT2D eigenvalue weighted by Crippen LogP contribution is -2.05. The van der Waals surface area contributed by atoms with E-state index in [0.29, 0.717) is 11.3 Å². The van der Waals surface area contributed by atoms with Crippen molar-refractivity contribution in [2.45, 2.75) is 0 Å². The number of hydrogen-bond donors (Lipinski definition) is 3. The molecule has 16 heavy (non-hydrogen) atoms. The van der Waals surface area contributed by atoms with E-state index in [2.05, 4.69) is 4.98 Å². The van der Waals surface area contributed by atoms with Gasteiger partial charge in [0.25, 0.3) is 5.56 Å². The molecule has 0 aliphatic rings. The third kappa shape index (κ3) is 1.45. The number of aromatic amines is 1. The Hall–Kier alpha value is -1.88. The van der Waals surface area contributed by atoms with Crippen LogP contribution < -0.4 is 10.3 Å². The van der Waals surface area contributed by atoms with Gasteiger partial charge in [0, 0.05) is 11.5 Å². The number of halogens is 1. The van der Waals surface area contributed by atoms with Gasteiger partial charge in [0.2, 0.25) is 5.75 Å². The molecule has 2 aromatic rings. The van der Waals surface area contributed by atoms with Crippen LogP contribution in [0.1, 0.15) is 0 Å². The van der Waals surface area contributed by atoms with Crippen LogP contribution in [0.25, 0.3) is 10.9 Å². The lowest BCUT2D eigenvalue weighted by Gasteiger charge is -2.07. The van der Waals surface area contributed by atoms with Crippen LogP contribution in [-0.4, -0.2) is 22.3 Å². The monoisotopic (exact) mass is 241 g/mol. The maximum atomic E-state index is 11.2. The molecule has 1 aromatic carbocycles. The number of aromatic hydroxyl groups is 2. The fraction of sp³-hybridized carbons (Fsp3) is 0.100. The van der Waals surface area contributed by atoms with E-state index in [4.69, 9.17) is 16.3 Å². The molecule has 1 heterocycles. The average molecular weight is 242 g/mol. The molecule has 5 nitrogen and oxygen atoms in total.